The van der Waals surface area contributed by atoms with Gasteiger partial charge in [-0.3, -0.25) is 8.37 Å². The van der Waals surface area contributed by atoms with E-state index >= 15 is 0 Å². The molecule has 3 rings (SSSR count). The molecular formula is C20H24O8S2. The molecule has 1 fully saturated rings. The standard InChI is InChI=1S/C20H24O8S2/c1-15-3-7-19(8-4-15)29(21,22)27-13-17-11-26-18(12-25-17)14-28-30(23,24)20-9-5-16(2)6-10-20/h3-10,17-18H,11-14H2,1-2H3/t17-,18-/m0/s1. The number of ether oxygens (including phenoxy) is 2. The predicted molar refractivity (Wildman–Crippen MR) is 108 cm³/mol. The van der Waals surface area contributed by atoms with Crippen molar-refractivity contribution in [3.05, 3.63) is 59.7 Å². The van der Waals surface area contributed by atoms with Gasteiger partial charge in [0.2, 0.25) is 0 Å². The summed E-state index contributed by atoms with van der Waals surface area (Å²) in [5, 5.41) is 0. The summed E-state index contributed by atoms with van der Waals surface area (Å²) in [4.78, 5) is 0.134. The highest BCUT2D eigenvalue weighted by Crippen LogP contribution is 2.17. The normalized spacial score (nSPS) is 20.2. The van der Waals surface area contributed by atoms with Gasteiger partial charge in [0.25, 0.3) is 20.2 Å². The topological polar surface area (TPSA) is 105 Å². The molecular weight excluding hydrogens is 432 g/mol. The minimum atomic E-state index is -3.89. The fraction of sp³-hybridized carbons (Fsp3) is 0.400. The molecule has 0 saturated carbocycles. The van der Waals surface area contributed by atoms with Gasteiger partial charge in [-0.15, -0.1) is 0 Å². The monoisotopic (exact) mass is 456 g/mol. The molecule has 8 nitrogen and oxygen atoms in total. The maximum Gasteiger partial charge on any atom is 0.297 e. The summed E-state index contributed by atoms with van der Waals surface area (Å²) >= 11 is 0. The molecule has 1 aliphatic rings. The maximum absolute atomic E-state index is 12.2. The second-order valence-corrected chi connectivity index (χ2v) is 10.2. The zero-order chi connectivity index (χ0) is 21.8. The van der Waals surface area contributed by atoms with Crippen molar-refractivity contribution in [2.75, 3.05) is 26.4 Å². The first-order chi connectivity index (χ1) is 14.2. The molecule has 10 heteroatoms. The highest BCUT2D eigenvalue weighted by Gasteiger charge is 2.27. The molecule has 0 N–H and O–H groups in total. The van der Waals surface area contributed by atoms with E-state index in [4.69, 9.17) is 17.8 Å². The third-order valence-electron chi connectivity index (χ3n) is 4.47. The molecule has 0 amide bonds. The van der Waals surface area contributed by atoms with E-state index in [1.807, 2.05) is 13.8 Å². The minimum absolute atomic E-state index is 0.0576. The Hall–Kier alpha value is -1.82. The van der Waals surface area contributed by atoms with Gasteiger partial charge in [0, 0.05) is 0 Å². The van der Waals surface area contributed by atoms with Gasteiger partial charge in [0.15, 0.2) is 0 Å². The van der Waals surface area contributed by atoms with Gasteiger partial charge in [-0.1, -0.05) is 35.4 Å². The van der Waals surface area contributed by atoms with Crippen molar-refractivity contribution in [3.63, 3.8) is 0 Å². The first-order valence-electron chi connectivity index (χ1n) is 9.31. The van der Waals surface area contributed by atoms with Crippen LogP contribution in [0.4, 0.5) is 0 Å². The lowest BCUT2D eigenvalue weighted by Crippen LogP contribution is -2.41. The van der Waals surface area contributed by atoms with Crippen LogP contribution in [0.15, 0.2) is 58.3 Å². The average molecular weight is 457 g/mol. The van der Waals surface area contributed by atoms with Crippen LogP contribution in [0.1, 0.15) is 11.1 Å². The van der Waals surface area contributed by atoms with Gasteiger partial charge in [0.1, 0.15) is 12.2 Å². The van der Waals surface area contributed by atoms with Crippen molar-refractivity contribution in [1.82, 2.24) is 0 Å². The summed E-state index contributed by atoms with van der Waals surface area (Å²) in [5.41, 5.74) is 1.88. The number of rotatable bonds is 8. The maximum atomic E-state index is 12.2. The second kappa shape index (κ2) is 9.54. The van der Waals surface area contributed by atoms with E-state index in [0.29, 0.717) is 0 Å². The van der Waals surface area contributed by atoms with E-state index in [9.17, 15) is 16.8 Å². The lowest BCUT2D eigenvalue weighted by molar-refractivity contribution is -0.149. The Morgan fingerprint density at radius 2 is 1.03 bits per heavy atom. The largest absolute Gasteiger partial charge is 0.371 e. The number of hydrogen-bond donors (Lipinski definition) is 0. The molecule has 0 bridgehead atoms. The van der Waals surface area contributed by atoms with Crippen LogP contribution in [0.5, 0.6) is 0 Å². The Balaban J connectivity index is 1.44. The summed E-state index contributed by atoms with van der Waals surface area (Å²) in [6.07, 6.45) is -1.18. The Morgan fingerprint density at radius 1 is 0.700 bits per heavy atom. The number of benzene rings is 2. The molecule has 0 aromatic heterocycles. The molecule has 0 radical (unpaired) electrons. The lowest BCUT2D eigenvalue weighted by Gasteiger charge is -2.28. The van der Waals surface area contributed by atoms with Crippen molar-refractivity contribution >= 4 is 20.2 Å². The van der Waals surface area contributed by atoms with E-state index in [-0.39, 0.29) is 36.2 Å². The lowest BCUT2D eigenvalue weighted by atomic mass is 10.2. The van der Waals surface area contributed by atoms with Crippen LogP contribution in [0.3, 0.4) is 0 Å². The Kier molecular flexibility index (Phi) is 7.27. The molecule has 0 aliphatic carbocycles. The summed E-state index contributed by atoms with van der Waals surface area (Å²) < 4.78 is 70.0. The van der Waals surface area contributed by atoms with Crippen molar-refractivity contribution in [2.45, 2.75) is 35.8 Å². The van der Waals surface area contributed by atoms with Crippen molar-refractivity contribution < 1.29 is 34.7 Å². The predicted octanol–water partition coefficient (Wildman–Crippen LogP) is 2.20. The average Bonchev–Trinajstić information content (AvgIpc) is 2.72. The first kappa shape index (κ1) is 22.9. The summed E-state index contributed by atoms with van der Waals surface area (Å²) in [6, 6.07) is 12.7. The molecule has 0 unspecified atom stereocenters. The van der Waals surface area contributed by atoms with Gasteiger partial charge in [0.05, 0.1) is 36.2 Å². The molecule has 164 valence electrons. The van der Waals surface area contributed by atoms with Crippen LogP contribution < -0.4 is 0 Å². The SMILES string of the molecule is Cc1ccc(S(=O)(=O)OC[C@@H]2CO[C@H](COS(=O)(=O)c3ccc(C)cc3)CO2)cc1. The van der Waals surface area contributed by atoms with Crippen LogP contribution in [-0.2, 0) is 38.1 Å². The smallest absolute Gasteiger partial charge is 0.297 e. The highest BCUT2D eigenvalue weighted by atomic mass is 32.2. The van der Waals surface area contributed by atoms with Crippen LogP contribution in [0.2, 0.25) is 0 Å². The zero-order valence-electron chi connectivity index (χ0n) is 16.7. The van der Waals surface area contributed by atoms with Gasteiger partial charge < -0.3 is 9.47 Å². The summed E-state index contributed by atoms with van der Waals surface area (Å²) in [5.74, 6) is 0. The molecule has 2 atom stereocenters. The summed E-state index contributed by atoms with van der Waals surface area (Å²) in [7, 11) is -7.79. The molecule has 1 heterocycles. The van der Waals surface area contributed by atoms with Crippen molar-refractivity contribution in [3.8, 4) is 0 Å². The molecule has 1 saturated heterocycles. The van der Waals surface area contributed by atoms with E-state index in [0.717, 1.165) is 11.1 Å². The molecule has 30 heavy (non-hydrogen) atoms. The highest BCUT2D eigenvalue weighted by molar-refractivity contribution is 7.87. The fourth-order valence-corrected chi connectivity index (χ4v) is 4.53. The van der Waals surface area contributed by atoms with E-state index in [2.05, 4.69) is 0 Å². The molecule has 2 aromatic rings. The second-order valence-electron chi connectivity index (χ2n) is 7.01. The quantitative estimate of drug-likeness (QED) is 0.557. The molecule has 0 spiro atoms. The van der Waals surface area contributed by atoms with Gasteiger partial charge >= 0.3 is 0 Å². The third-order valence-corrected chi connectivity index (χ3v) is 7.06. The first-order valence-corrected chi connectivity index (χ1v) is 12.1. The Labute approximate surface area is 177 Å². The molecule has 2 aromatic carbocycles. The molecule has 1 aliphatic heterocycles. The van der Waals surface area contributed by atoms with Crippen molar-refractivity contribution in [2.24, 2.45) is 0 Å². The zero-order valence-corrected chi connectivity index (χ0v) is 18.3. The van der Waals surface area contributed by atoms with Crippen LogP contribution in [-0.4, -0.2) is 55.5 Å². The Bertz CT molecular complexity index is 949. The van der Waals surface area contributed by atoms with Gasteiger partial charge in [-0.2, -0.15) is 16.8 Å². The fourth-order valence-electron chi connectivity index (χ4n) is 2.65. The van der Waals surface area contributed by atoms with Crippen LogP contribution in [0.25, 0.3) is 0 Å². The number of aryl methyl sites for hydroxylation is 2. The third kappa shape index (κ3) is 6.10. The van der Waals surface area contributed by atoms with E-state index < -0.39 is 32.4 Å². The van der Waals surface area contributed by atoms with Crippen molar-refractivity contribution in [1.29, 1.82) is 0 Å². The Morgan fingerprint density at radius 3 is 1.33 bits per heavy atom. The van der Waals surface area contributed by atoms with Crippen LogP contribution >= 0.6 is 0 Å². The minimum Gasteiger partial charge on any atom is -0.371 e. The van der Waals surface area contributed by atoms with E-state index in [1.165, 1.54) is 24.3 Å². The van der Waals surface area contributed by atoms with E-state index in [1.54, 1.807) is 24.3 Å². The number of hydrogen-bond acceptors (Lipinski definition) is 8. The van der Waals surface area contributed by atoms with Crippen LogP contribution in [0, 0.1) is 13.8 Å². The summed E-state index contributed by atoms with van der Waals surface area (Å²) in [6.45, 7) is 3.42. The van der Waals surface area contributed by atoms with Gasteiger partial charge in [-0.25, -0.2) is 0 Å². The van der Waals surface area contributed by atoms with Gasteiger partial charge in [-0.05, 0) is 38.1 Å².